The van der Waals surface area contributed by atoms with Crippen molar-refractivity contribution in [2.75, 3.05) is 26.3 Å². The highest BCUT2D eigenvalue weighted by Crippen LogP contribution is 2.17. The molecule has 1 aromatic heterocycles. The summed E-state index contributed by atoms with van der Waals surface area (Å²) in [6.07, 6.45) is -3.03. The Bertz CT molecular complexity index is 381. The summed E-state index contributed by atoms with van der Waals surface area (Å²) in [5, 5.41) is 9.08. The molecule has 0 aromatic carbocycles. The van der Waals surface area contributed by atoms with Gasteiger partial charge >= 0.3 is 6.18 Å². The lowest BCUT2D eigenvalue weighted by Gasteiger charge is -2.22. The van der Waals surface area contributed by atoms with Crippen LogP contribution in [0.2, 0.25) is 0 Å². The van der Waals surface area contributed by atoms with E-state index in [1.165, 1.54) is 0 Å². The molecule has 0 atom stereocenters. The molecule has 0 spiro atoms. The van der Waals surface area contributed by atoms with E-state index >= 15 is 0 Å². The van der Waals surface area contributed by atoms with Crippen LogP contribution in [0.1, 0.15) is 23.8 Å². The number of halogens is 3. The summed E-state index contributed by atoms with van der Waals surface area (Å²) < 4.78 is 42.3. The summed E-state index contributed by atoms with van der Waals surface area (Å²) in [6, 6.07) is 0. The lowest BCUT2D eigenvalue weighted by molar-refractivity contribution is -0.141. The molecule has 1 rings (SSSR count). The summed E-state index contributed by atoms with van der Waals surface area (Å²) in [6.45, 7) is 1.21. The summed E-state index contributed by atoms with van der Waals surface area (Å²) in [4.78, 5) is 12.5. The average Bonchev–Trinajstić information content (AvgIpc) is 2.84. The molecule has 0 aliphatic heterocycles. The molecule has 108 valence electrons. The van der Waals surface area contributed by atoms with Crippen LogP contribution in [0.3, 0.4) is 0 Å². The molecule has 19 heavy (non-hydrogen) atoms. The van der Waals surface area contributed by atoms with Gasteiger partial charge in [-0.2, -0.15) is 28.6 Å². The predicted molar refractivity (Wildman–Crippen MR) is 59.5 cm³/mol. The molecule has 0 radical (unpaired) electrons. The van der Waals surface area contributed by atoms with Gasteiger partial charge in [-0.3, -0.25) is 4.79 Å². The second-order valence-electron chi connectivity index (χ2n) is 3.75. The van der Waals surface area contributed by atoms with Crippen molar-refractivity contribution in [2.24, 2.45) is 0 Å². The van der Waals surface area contributed by atoms with Crippen LogP contribution in [0.15, 0.2) is 6.20 Å². The second-order valence-corrected chi connectivity index (χ2v) is 3.75. The van der Waals surface area contributed by atoms with E-state index in [1.807, 2.05) is 0 Å². The molecule has 1 N–H and O–H groups in total. The van der Waals surface area contributed by atoms with Crippen LogP contribution in [0.4, 0.5) is 13.2 Å². The first-order valence-corrected chi connectivity index (χ1v) is 5.73. The minimum absolute atomic E-state index is 0.0504. The number of amides is 1. The summed E-state index contributed by atoms with van der Waals surface area (Å²) in [5.41, 5.74) is -0.138. The van der Waals surface area contributed by atoms with Gasteiger partial charge in [0.15, 0.2) is 5.69 Å². The van der Waals surface area contributed by atoms with E-state index in [0.717, 1.165) is 6.20 Å². The van der Waals surface area contributed by atoms with Crippen LogP contribution in [0.5, 0.6) is 0 Å². The quantitative estimate of drug-likeness (QED) is 0.763. The summed E-state index contributed by atoms with van der Waals surface area (Å²) >= 11 is 0. The molecule has 1 amide bonds. The number of hydrogen-bond acceptors (Lipinski definition) is 4. The first-order valence-electron chi connectivity index (χ1n) is 5.73. The topological polar surface area (TPSA) is 71.1 Å². The number of carbonyl (C=O) groups excluding carboxylic acids is 1. The molecule has 0 aliphatic carbocycles. The minimum Gasteiger partial charge on any atom is -0.382 e. The highest BCUT2D eigenvalue weighted by Gasteiger charge is 2.33. The van der Waals surface area contributed by atoms with Crippen molar-refractivity contribution >= 4 is 5.91 Å². The van der Waals surface area contributed by atoms with Crippen molar-refractivity contribution in [1.29, 1.82) is 0 Å². The van der Waals surface area contributed by atoms with Crippen molar-refractivity contribution in [3.8, 4) is 0 Å². The van der Waals surface area contributed by atoms with Crippen LogP contribution in [0, 0.1) is 0 Å². The Morgan fingerprint density at radius 3 is 2.79 bits per heavy atom. The van der Waals surface area contributed by atoms with Gasteiger partial charge in [0, 0.05) is 19.8 Å². The van der Waals surface area contributed by atoms with Crippen LogP contribution in [-0.4, -0.2) is 58.7 Å². The Hall–Kier alpha value is -1.64. The molecule has 0 bridgehead atoms. The van der Waals surface area contributed by atoms with Crippen LogP contribution in [0.25, 0.3) is 0 Å². The van der Waals surface area contributed by atoms with Crippen molar-refractivity contribution < 1.29 is 22.7 Å². The Morgan fingerprint density at radius 2 is 2.26 bits per heavy atom. The molecule has 0 saturated heterocycles. The normalized spacial score (nSPS) is 11.6. The number of nitrogens with zero attached hydrogens (tertiary/aromatic N) is 3. The average molecular weight is 280 g/mol. The SMILES string of the molecule is CCOCCCN(CC(F)(F)F)C(=O)c1cn[nH]n1. The van der Waals surface area contributed by atoms with Gasteiger partial charge in [-0.15, -0.1) is 0 Å². The standard InChI is InChI=1S/C10H15F3N4O2/c1-2-19-5-3-4-17(7-10(11,12)13)9(18)8-6-14-16-15-8/h6H,2-5,7H2,1H3,(H,14,15,16). The minimum atomic E-state index is -4.45. The van der Waals surface area contributed by atoms with E-state index in [1.54, 1.807) is 6.92 Å². The molecular formula is C10H15F3N4O2. The maximum Gasteiger partial charge on any atom is 0.406 e. The summed E-state index contributed by atoms with van der Waals surface area (Å²) in [7, 11) is 0. The Kier molecular flexibility index (Phi) is 5.74. The number of aromatic nitrogens is 3. The molecule has 9 heteroatoms. The van der Waals surface area contributed by atoms with Gasteiger partial charge in [-0.05, 0) is 13.3 Å². The maximum atomic E-state index is 12.4. The zero-order chi connectivity index (χ0) is 14.3. The Balaban J connectivity index is 2.61. The van der Waals surface area contributed by atoms with E-state index in [9.17, 15) is 18.0 Å². The number of alkyl halides is 3. The molecule has 0 fully saturated rings. The molecule has 1 heterocycles. The third kappa shape index (κ3) is 5.69. The van der Waals surface area contributed by atoms with Crippen molar-refractivity contribution in [3.05, 3.63) is 11.9 Å². The van der Waals surface area contributed by atoms with Gasteiger partial charge in [0.2, 0.25) is 0 Å². The first kappa shape index (κ1) is 15.4. The molecule has 0 unspecified atom stereocenters. The van der Waals surface area contributed by atoms with Crippen molar-refractivity contribution in [2.45, 2.75) is 19.5 Å². The smallest absolute Gasteiger partial charge is 0.382 e. The lowest BCUT2D eigenvalue weighted by Crippen LogP contribution is -2.40. The highest BCUT2D eigenvalue weighted by molar-refractivity contribution is 5.91. The largest absolute Gasteiger partial charge is 0.406 e. The van der Waals surface area contributed by atoms with E-state index in [4.69, 9.17) is 4.74 Å². The first-order chi connectivity index (χ1) is 8.94. The van der Waals surface area contributed by atoms with Gasteiger partial charge in [-0.25, -0.2) is 0 Å². The van der Waals surface area contributed by atoms with Gasteiger partial charge in [-0.1, -0.05) is 0 Å². The number of rotatable bonds is 7. The van der Waals surface area contributed by atoms with Crippen LogP contribution >= 0.6 is 0 Å². The maximum absolute atomic E-state index is 12.4. The van der Waals surface area contributed by atoms with Crippen LogP contribution in [-0.2, 0) is 4.74 Å². The van der Waals surface area contributed by atoms with Gasteiger partial charge in [0.05, 0.1) is 6.20 Å². The Labute approximate surface area is 107 Å². The highest BCUT2D eigenvalue weighted by atomic mass is 19.4. The zero-order valence-corrected chi connectivity index (χ0v) is 10.4. The summed E-state index contributed by atoms with van der Waals surface area (Å²) in [5.74, 6) is -0.803. The van der Waals surface area contributed by atoms with E-state index < -0.39 is 18.6 Å². The van der Waals surface area contributed by atoms with Crippen molar-refractivity contribution in [1.82, 2.24) is 20.3 Å². The predicted octanol–water partition coefficient (Wildman–Crippen LogP) is 1.24. The molecular weight excluding hydrogens is 265 g/mol. The third-order valence-electron chi connectivity index (χ3n) is 2.21. The fraction of sp³-hybridized carbons (Fsp3) is 0.700. The van der Waals surface area contributed by atoms with Crippen LogP contribution < -0.4 is 0 Å². The Morgan fingerprint density at radius 1 is 1.53 bits per heavy atom. The van der Waals surface area contributed by atoms with Gasteiger partial charge < -0.3 is 9.64 Å². The molecule has 1 aromatic rings. The van der Waals surface area contributed by atoms with E-state index in [-0.39, 0.29) is 12.2 Å². The number of hydrogen-bond donors (Lipinski definition) is 1. The number of ether oxygens (including phenoxy) is 1. The molecule has 0 saturated carbocycles. The zero-order valence-electron chi connectivity index (χ0n) is 10.4. The fourth-order valence-corrected chi connectivity index (χ4v) is 1.44. The lowest BCUT2D eigenvalue weighted by atomic mass is 10.3. The van der Waals surface area contributed by atoms with Gasteiger partial charge in [0.1, 0.15) is 6.54 Å². The monoisotopic (exact) mass is 280 g/mol. The fourth-order valence-electron chi connectivity index (χ4n) is 1.44. The van der Waals surface area contributed by atoms with Crippen molar-refractivity contribution in [3.63, 3.8) is 0 Å². The van der Waals surface area contributed by atoms with E-state index in [2.05, 4.69) is 15.4 Å². The molecule has 6 nitrogen and oxygen atoms in total. The molecule has 0 aliphatic rings. The third-order valence-corrected chi connectivity index (χ3v) is 2.21. The number of H-pyrrole nitrogens is 1. The van der Waals surface area contributed by atoms with Gasteiger partial charge in [0.25, 0.3) is 5.91 Å². The number of aromatic amines is 1. The number of carbonyl (C=O) groups is 1. The van der Waals surface area contributed by atoms with E-state index in [0.29, 0.717) is 24.5 Å². The number of nitrogens with one attached hydrogen (secondary N) is 1. The second kappa shape index (κ2) is 7.07.